The Morgan fingerprint density at radius 2 is 1.09 bits per heavy atom. The lowest BCUT2D eigenvalue weighted by atomic mass is 10.9. The molecule has 0 aromatic heterocycles. The van der Waals surface area contributed by atoms with Crippen molar-refractivity contribution in [2.45, 2.75) is 27.5 Å². The maximum Gasteiger partial charge on any atom is 0.0733 e. The van der Waals surface area contributed by atoms with Gasteiger partial charge in [-0.25, -0.2) is 0 Å². The first-order valence-electron chi connectivity index (χ1n) is 6.77. The van der Waals surface area contributed by atoms with Crippen molar-refractivity contribution < 1.29 is 0 Å². The average Bonchev–Trinajstić information content (AvgIpc) is 2.82. The summed E-state index contributed by atoms with van der Waals surface area (Å²) in [6.45, 7) is 0. The van der Waals surface area contributed by atoms with Crippen molar-refractivity contribution in [1.29, 1.82) is 0 Å². The summed E-state index contributed by atoms with van der Waals surface area (Å²) in [5.41, 5.74) is 0. The van der Waals surface area contributed by atoms with Gasteiger partial charge in [-0.15, -0.1) is 118 Å². The fraction of sp³-hybridized carbons (Fsp3) is 1.00. The zero-order chi connectivity index (χ0) is 16.1. The van der Waals surface area contributed by atoms with Crippen molar-refractivity contribution in [3.8, 4) is 0 Å². The average molecular weight is 535 g/mol. The van der Waals surface area contributed by atoms with E-state index in [2.05, 4.69) is 119 Å². The van der Waals surface area contributed by atoms with Crippen LogP contribution in [0.15, 0.2) is 0 Å². The molecular formula is C11H18S12. The molecule has 0 spiro atoms. The molecule has 12 heteroatoms. The van der Waals surface area contributed by atoms with Crippen LogP contribution in [0.5, 0.6) is 0 Å². The molecule has 0 bridgehead atoms. The van der Waals surface area contributed by atoms with Crippen LogP contribution in [0, 0.1) is 0 Å². The number of thioether (sulfide) groups is 10. The lowest BCUT2D eigenvalue weighted by Gasteiger charge is -2.35. The van der Waals surface area contributed by atoms with Crippen LogP contribution in [0.2, 0.25) is 0 Å². The third kappa shape index (κ3) is 6.60. The van der Waals surface area contributed by atoms with Crippen LogP contribution in [0.25, 0.3) is 0 Å². The van der Waals surface area contributed by atoms with E-state index < -0.39 is 0 Å². The molecule has 3 rings (SSSR count). The van der Waals surface area contributed by atoms with E-state index in [-0.39, 0.29) is 0 Å². The molecular weight excluding hydrogens is 517 g/mol. The van der Waals surface area contributed by atoms with E-state index in [0.29, 0.717) is 9.16 Å². The van der Waals surface area contributed by atoms with Gasteiger partial charge in [0.1, 0.15) is 0 Å². The minimum Gasteiger partial charge on any atom is -0.168 e. The second-order valence-corrected chi connectivity index (χ2v) is 20.4. The zero-order valence-electron chi connectivity index (χ0n) is 12.0. The van der Waals surface area contributed by atoms with Crippen molar-refractivity contribution in [2.24, 2.45) is 0 Å². The van der Waals surface area contributed by atoms with Gasteiger partial charge in [0.2, 0.25) is 0 Å². The lowest BCUT2D eigenvalue weighted by molar-refractivity contribution is 1.27. The van der Waals surface area contributed by atoms with Crippen LogP contribution >= 0.6 is 143 Å². The monoisotopic (exact) mass is 534 g/mol. The topological polar surface area (TPSA) is 0 Å². The highest BCUT2D eigenvalue weighted by Crippen LogP contribution is 2.58. The molecule has 3 aliphatic heterocycles. The SMILES string of the molecule is SCSC(SC1SCSC1SC(SCS)C1SCS1)C1SCS1. The smallest absolute Gasteiger partial charge is 0.0733 e. The lowest BCUT2D eigenvalue weighted by Crippen LogP contribution is -2.26. The summed E-state index contributed by atoms with van der Waals surface area (Å²) in [7, 11) is 0. The van der Waals surface area contributed by atoms with E-state index in [0.717, 1.165) is 28.5 Å². The van der Waals surface area contributed by atoms with Crippen LogP contribution in [-0.2, 0) is 0 Å². The Balaban J connectivity index is 1.53. The molecule has 0 amide bonds. The van der Waals surface area contributed by atoms with Crippen LogP contribution in [0.3, 0.4) is 0 Å². The maximum absolute atomic E-state index is 4.46. The highest BCUT2D eigenvalue weighted by Gasteiger charge is 2.40. The molecule has 4 atom stereocenters. The predicted octanol–water partition coefficient (Wildman–Crippen LogP) is 6.96. The van der Waals surface area contributed by atoms with E-state index in [1.165, 1.54) is 15.3 Å². The van der Waals surface area contributed by atoms with Crippen molar-refractivity contribution in [3.05, 3.63) is 0 Å². The van der Waals surface area contributed by atoms with E-state index in [9.17, 15) is 0 Å². The summed E-state index contributed by atoms with van der Waals surface area (Å²) in [5.74, 6) is 0. The molecule has 0 saturated carbocycles. The molecule has 23 heavy (non-hydrogen) atoms. The Morgan fingerprint density at radius 3 is 1.39 bits per heavy atom. The Labute approximate surface area is 193 Å². The minimum atomic E-state index is 0.694. The van der Waals surface area contributed by atoms with Gasteiger partial charge in [-0.1, -0.05) is 0 Å². The molecule has 0 radical (unpaired) electrons. The van der Waals surface area contributed by atoms with Gasteiger partial charge in [0.15, 0.2) is 0 Å². The van der Waals surface area contributed by atoms with Crippen LogP contribution in [0.4, 0.5) is 0 Å². The zero-order valence-corrected chi connectivity index (χ0v) is 21.9. The number of hydrogen-bond donors (Lipinski definition) is 2. The van der Waals surface area contributed by atoms with Gasteiger partial charge in [0, 0.05) is 25.4 Å². The fourth-order valence-electron chi connectivity index (χ4n) is 1.92. The molecule has 134 valence electrons. The van der Waals surface area contributed by atoms with E-state index >= 15 is 0 Å². The molecule has 0 aromatic rings. The van der Waals surface area contributed by atoms with Gasteiger partial charge in [-0.2, -0.15) is 25.3 Å². The van der Waals surface area contributed by atoms with Gasteiger partial charge in [0.25, 0.3) is 0 Å². The van der Waals surface area contributed by atoms with E-state index in [4.69, 9.17) is 0 Å². The van der Waals surface area contributed by atoms with Crippen molar-refractivity contribution in [1.82, 2.24) is 0 Å². The van der Waals surface area contributed by atoms with Crippen LogP contribution < -0.4 is 0 Å². The summed E-state index contributed by atoms with van der Waals surface area (Å²) in [6.07, 6.45) is 0. The van der Waals surface area contributed by atoms with E-state index in [1.807, 2.05) is 23.5 Å². The molecule has 0 aliphatic carbocycles. The van der Waals surface area contributed by atoms with Gasteiger partial charge >= 0.3 is 0 Å². The Hall–Kier alpha value is 4.20. The molecule has 3 heterocycles. The summed E-state index contributed by atoms with van der Waals surface area (Å²) in [4.78, 5) is 0. The second kappa shape index (κ2) is 12.0. The molecule has 0 N–H and O–H groups in total. The second-order valence-electron chi connectivity index (χ2n) is 4.43. The summed E-state index contributed by atoms with van der Waals surface area (Å²) < 4.78 is 4.38. The Morgan fingerprint density at radius 1 is 0.696 bits per heavy atom. The predicted molar refractivity (Wildman–Crippen MR) is 141 cm³/mol. The summed E-state index contributed by atoms with van der Waals surface area (Å²) in [6, 6.07) is 0. The molecule has 4 unspecified atom stereocenters. The van der Waals surface area contributed by atoms with E-state index in [1.54, 1.807) is 0 Å². The molecule has 3 aliphatic rings. The number of thiol groups is 2. The first-order chi connectivity index (χ1) is 11.3. The largest absolute Gasteiger partial charge is 0.168 e. The molecule has 3 fully saturated rings. The van der Waals surface area contributed by atoms with Crippen molar-refractivity contribution in [3.63, 3.8) is 0 Å². The first-order valence-corrected chi connectivity index (χ1v) is 18.3. The first kappa shape index (κ1) is 21.9. The molecule has 0 aromatic carbocycles. The van der Waals surface area contributed by atoms with Crippen LogP contribution in [0.1, 0.15) is 0 Å². The maximum atomic E-state index is 4.46. The highest BCUT2D eigenvalue weighted by molar-refractivity contribution is 8.39. The van der Waals surface area contributed by atoms with Crippen LogP contribution in [-0.4, -0.2) is 52.9 Å². The number of hydrogen-bond acceptors (Lipinski definition) is 12. The van der Waals surface area contributed by atoms with Gasteiger partial charge < -0.3 is 0 Å². The third-order valence-corrected chi connectivity index (χ3v) is 21.2. The van der Waals surface area contributed by atoms with Crippen molar-refractivity contribution in [2.75, 3.05) is 25.4 Å². The molecule has 3 saturated heterocycles. The quantitative estimate of drug-likeness (QED) is 0.222. The standard InChI is InChI=1S/C11H18S12/c12-1-14-8(6-16-3-17-6)22-10-11(21-5-20-10)23-9(15-2-13)7-18-4-19-7/h6-13H,1-5H2. The van der Waals surface area contributed by atoms with Gasteiger partial charge in [-0.3, -0.25) is 0 Å². The van der Waals surface area contributed by atoms with Crippen molar-refractivity contribution >= 4 is 143 Å². The normalized spacial score (nSPS) is 31.6. The highest BCUT2D eigenvalue weighted by atomic mass is 32.3. The Bertz CT molecular complexity index is 316. The fourth-order valence-corrected chi connectivity index (χ4v) is 19.6. The third-order valence-electron chi connectivity index (χ3n) is 3.07. The summed E-state index contributed by atoms with van der Waals surface area (Å²) in [5, 5.41) is 5.67. The number of rotatable bonds is 10. The minimum absolute atomic E-state index is 0.694. The summed E-state index contributed by atoms with van der Waals surface area (Å²) >= 11 is 30.2. The van der Waals surface area contributed by atoms with Gasteiger partial charge in [0.05, 0.1) is 27.5 Å². The van der Waals surface area contributed by atoms with Gasteiger partial charge in [-0.05, 0) is 0 Å². The molecule has 0 nitrogen and oxygen atoms in total. The Kier molecular flexibility index (Phi) is 11.4.